The van der Waals surface area contributed by atoms with Gasteiger partial charge in [0.25, 0.3) is 5.91 Å². The number of thiazole rings is 1. The number of ether oxygens (including phenoxy) is 1. The number of hydrogen-bond donors (Lipinski definition) is 1. The van der Waals surface area contributed by atoms with Gasteiger partial charge in [-0.1, -0.05) is 86.6 Å². The molecule has 0 bridgehead atoms. The average molecular weight is 703 g/mol. The molecule has 1 amide bonds. The normalized spacial score (nSPS) is 15.2. The zero-order valence-electron chi connectivity index (χ0n) is 29.4. The van der Waals surface area contributed by atoms with Gasteiger partial charge in [0.05, 0.1) is 24.3 Å². The molecule has 0 fully saturated rings. The third kappa shape index (κ3) is 7.70. The van der Waals surface area contributed by atoms with E-state index in [0.29, 0.717) is 38.7 Å². The van der Waals surface area contributed by atoms with Crippen LogP contribution < -0.4 is 14.5 Å². The molecule has 1 aliphatic carbocycles. The van der Waals surface area contributed by atoms with Crippen LogP contribution >= 0.6 is 11.3 Å². The fourth-order valence-electron chi connectivity index (χ4n) is 6.16. The SMILES string of the molecule is CCCCN(CCCC)c1nc(-c2c(CO)cccc2OC)c(/C=C2\C(=O)C(N(C(=O)c3ccccc3)c3ccccc3)C(=O)C(C#N)=C2C)s1. The van der Waals surface area contributed by atoms with Crippen molar-refractivity contribution in [2.45, 2.75) is 59.1 Å². The van der Waals surface area contributed by atoms with Crippen LogP contribution in [0.5, 0.6) is 5.75 Å². The van der Waals surface area contributed by atoms with Gasteiger partial charge in [0.15, 0.2) is 17.0 Å². The molecular weight excluding hydrogens is 661 g/mol. The van der Waals surface area contributed by atoms with E-state index in [0.717, 1.165) is 43.9 Å². The molecule has 1 unspecified atom stereocenters. The van der Waals surface area contributed by atoms with E-state index in [-0.39, 0.29) is 23.3 Å². The molecule has 1 heterocycles. The van der Waals surface area contributed by atoms with Gasteiger partial charge in [-0.25, -0.2) is 4.98 Å². The van der Waals surface area contributed by atoms with Crippen molar-refractivity contribution in [1.82, 2.24) is 4.98 Å². The number of methoxy groups -OCH3 is 1. The number of rotatable bonds is 14. The van der Waals surface area contributed by atoms with Crippen LogP contribution in [-0.4, -0.2) is 53.8 Å². The molecule has 0 aliphatic heterocycles. The maximum atomic E-state index is 14.8. The quantitative estimate of drug-likeness (QED) is 0.104. The third-order valence-electron chi connectivity index (χ3n) is 8.92. The van der Waals surface area contributed by atoms with E-state index in [1.807, 2.05) is 6.07 Å². The van der Waals surface area contributed by atoms with Crippen LogP contribution in [0.4, 0.5) is 10.8 Å². The van der Waals surface area contributed by atoms with Crippen LogP contribution in [0.2, 0.25) is 0 Å². The minimum Gasteiger partial charge on any atom is -0.496 e. The zero-order chi connectivity index (χ0) is 36.5. The second kappa shape index (κ2) is 17.0. The predicted octanol–water partition coefficient (Wildman–Crippen LogP) is 7.81. The molecule has 1 aliphatic rings. The van der Waals surface area contributed by atoms with Gasteiger partial charge in [0, 0.05) is 35.5 Å². The summed E-state index contributed by atoms with van der Waals surface area (Å²) in [5, 5.41) is 21.5. The predicted molar refractivity (Wildman–Crippen MR) is 202 cm³/mol. The van der Waals surface area contributed by atoms with Gasteiger partial charge in [0.2, 0.25) is 5.78 Å². The molecule has 9 nitrogen and oxygen atoms in total. The minimum atomic E-state index is -1.62. The summed E-state index contributed by atoms with van der Waals surface area (Å²) in [5.74, 6) is -1.40. The molecular formula is C41H42N4O5S. The zero-order valence-corrected chi connectivity index (χ0v) is 30.2. The molecule has 0 spiro atoms. The van der Waals surface area contributed by atoms with E-state index in [2.05, 4.69) is 18.7 Å². The van der Waals surface area contributed by atoms with E-state index in [9.17, 15) is 24.8 Å². The van der Waals surface area contributed by atoms with Crippen LogP contribution in [0.15, 0.2) is 95.6 Å². The molecule has 5 rings (SSSR count). The summed E-state index contributed by atoms with van der Waals surface area (Å²) in [6, 6.07) is 22.8. The summed E-state index contributed by atoms with van der Waals surface area (Å²) in [4.78, 5) is 52.2. The van der Waals surface area contributed by atoms with E-state index in [1.54, 1.807) is 99.0 Å². The molecule has 0 saturated carbocycles. The van der Waals surface area contributed by atoms with Crippen LogP contribution in [-0.2, 0) is 16.2 Å². The van der Waals surface area contributed by atoms with Crippen molar-refractivity contribution in [3.63, 3.8) is 0 Å². The van der Waals surface area contributed by atoms with Crippen molar-refractivity contribution in [2.24, 2.45) is 0 Å². The molecule has 262 valence electrons. The number of aliphatic hydroxyl groups is 1. The molecule has 4 aromatic rings. The van der Waals surface area contributed by atoms with Crippen molar-refractivity contribution in [3.8, 4) is 23.1 Å². The highest BCUT2D eigenvalue weighted by molar-refractivity contribution is 7.17. The van der Waals surface area contributed by atoms with Crippen LogP contribution in [0.3, 0.4) is 0 Å². The number of Topliss-reactive ketones (excluding diaryl/α,β-unsaturated/α-hetero) is 2. The first kappa shape index (κ1) is 36.9. The maximum Gasteiger partial charge on any atom is 0.259 e. The van der Waals surface area contributed by atoms with Gasteiger partial charge in [-0.2, -0.15) is 5.26 Å². The topological polar surface area (TPSA) is 124 Å². The van der Waals surface area contributed by atoms with Crippen molar-refractivity contribution in [2.75, 3.05) is 30.0 Å². The lowest BCUT2D eigenvalue weighted by Gasteiger charge is -2.33. The Balaban J connectivity index is 1.75. The maximum absolute atomic E-state index is 14.8. The van der Waals surface area contributed by atoms with Gasteiger partial charge in [-0.05, 0) is 67.3 Å². The van der Waals surface area contributed by atoms with E-state index in [1.165, 1.54) is 16.2 Å². The number of unbranched alkanes of at least 4 members (excludes halogenated alkanes) is 2. The first-order valence-corrected chi connectivity index (χ1v) is 18.0. The Morgan fingerprint density at radius 3 is 2.20 bits per heavy atom. The molecule has 3 aromatic carbocycles. The summed E-state index contributed by atoms with van der Waals surface area (Å²) >= 11 is 1.40. The van der Waals surface area contributed by atoms with Crippen LogP contribution in [0, 0.1) is 11.3 Å². The van der Waals surface area contributed by atoms with Crippen molar-refractivity contribution < 1.29 is 24.2 Å². The number of nitriles is 1. The highest BCUT2D eigenvalue weighted by atomic mass is 32.1. The summed E-state index contributed by atoms with van der Waals surface area (Å²) in [5.41, 5.74) is 2.49. The number of carbonyl (C=O) groups excluding carboxylic acids is 3. The van der Waals surface area contributed by atoms with Gasteiger partial charge >= 0.3 is 0 Å². The van der Waals surface area contributed by atoms with E-state index >= 15 is 0 Å². The first-order chi connectivity index (χ1) is 24.8. The van der Waals surface area contributed by atoms with E-state index in [4.69, 9.17) is 9.72 Å². The Kier molecular flexibility index (Phi) is 12.3. The van der Waals surface area contributed by atoms with Crippen molar-refractivity contribution in [3.05, 3.63) is 112 Å². The Morgan fingerprint density at radius 2 is 1.61 bits per heavy atom. The lowest BCUT2D eigenvalue weighted by Crippen LogP contribution is -2.53. The largest absolute Gasteiger partial charge is 0.496 e. The summed E-state index contributed by atoms with van der Waals surface area (Å²) in [6.07, 6.45) is 5.61. The number of para-hydroxylation sites is 1. The molecule has 51 heavy (non-hydrogen) atoms. The molecule has 1 N–H and O–H groups in total. The number of nitrogens with zero attached hydrogens (tertiary/aromatic N) is 4. The third-order valence-corrected chi connectivity index (χ3v) is 9.99. The Morgan fingerprint density at radius 1 is 0.961 bits per heavy atom. The first-order valence-electron chi connectivity index (χ1n) is 17.2. The number of allylic oxidation sites excluding steroid dienone is 1. The minimum absolute atomic E-state index is 0.128. The number of aliphatic hydroxyl groups excluding tert-OH is 1. The number of aromatic nitrogens is 1. The number of ketones is 2. The lowest BCUT2D eigenvalue weighted by atomic mass is 9.81. The van der Waals surface area contributed by atoms with Crippen molar-refractivity contribution in [1.29, 1.82) is 5.26 Å². The summed E-state index contributed by atoms with van der Waals surface area (Å²) < 4.78 is 5.75. The fraction of sp³-hybridized carbons (Fsp3) is 0.293. The second-order valence-electron chi connectivity index (χ2n) is 12.2. The van der Waals surface area contributed by atoms with Gasteiger partial charge in [0.1, 0.15) is 17.4 Å². The highest BCUT2D eigenvalue weighted by Gasteiger charge is 2.45. The summed E-state index contributed by atoms with van der Waals surface area (Å²) in [6.45, 7) is 7.17. The Labute approximate surface area is 303 Å². The van der Waals surface area contributed by atoms with Gasteiger partial charge < -0.3 is 14.7 Å². The highest BCUT2D eigenvalue weighted by Crippen LogP contribution is 2.42. The average Bonchev–Trinajstić information content (AvgIpc) is 3.58. The monoisotopic (exact) mass is 702 g/mol. The number of hydrogen-bond acceptors (Lipinski definition) is 9. The Hall–Kier alpha value is -5.37. The fourth-order valence-corrected chi connectivity index (χ4v) is 7.23. The molecule has 1 atom stereocenters. The number of benzene rings is 3. The number of anilines is 2. The molecule has 10 heteroatoms. The van der Waals surface area contributed by atoms with Crippen LogP contribution in [0.25, 0.3) is 17.3 Å². The van der Waals surface area contributed by atoms with Gasteiger partial charge in [-0.15, -0.1) is 0 Å². The van der Waals surface area contributed by atoms with Crippen molar-refractivity contribution >= 4 is 45.7 Å². The number of amides is 1. The van der Waals surface area contributed by atoms with Crippen LogP contribution in [0.1, 0.15) is 67.3 Å². The molecule has 0 saturated heterocycles. The van der Waals surface area contributed by atoms with E-state index < -0.39 is 23.5 Å². The lowest BCUT2D eigenvalue weighted by molar-refractivity contribution is -0.125. The molecule has 0 radical (unpaired) electrons. The smallest absolute Gasteiger partial charge is 0.259 e. The Bertz CT molecular complexity index is 1960. The summed E-state index contributed by atoms with van der Waals surface area (Å²) in [7, 11) is 1.55. The second-order valence-corrected chi connectivity index (χ2v) is 13.2. The standard InChI is InChI=1S/C41H42N4O5S/c1-5-7-22-44(23-8-6-2)41-43-36(35-29(26-46)18-15-21-33(35)50-4)34(51-41)24-31-27(3)32(25-42)39(48)37(38(31)47)45(30-19-13-10-14-20-30)40(49)28-16-11-9-12-17-28/h9-21,24,37,46H,5-8,22-23,26H2,1-4H3/b31-24-. The number of carbonyl (C=O) groups is 3. The van der Waals surface area contributed by atoms with Gasteiger partial charge in [-0.3, -0.25) is 19.3 Å². The molecule has 1 aromatic heterocycles.